The Labute approximate surface area is 193 Å². The third-order valence-electron chi connectivity index (χ3n) is 5.15. The van der Waals surface area contributed by atoms with Gasteiger partial charge in [-0.1, -0.05) is 23.2 Å². The van der Waals surface area contributed by atoms with Gasteiger partial charge >= 0.3 is 5.97 Å². The van der Waals surface area contributed by atoms with Crippen LogP contribution in [0.15, 0.2) is 36.5 Å². The van der Waals surface area contributed by atoms with Crippen LogP contribution < -0.4 is 5.32 Å². The average Bonchev–Trinajstić information content (AvgIpc) is 3.16. The largest absolute Gasteiger partial charge is 0.448 e. The van der Waals surface area contributed by atoms with E-state index in [0.717, 1.165) is 30.5 Å². The van der Waals surface area contributed by atoms with Gasteiger partial charge in [-0.25, -0.2) is 18.9 Å². The first-order valence-electron chi connectivity index (χ1n) is 10.0. The third-order valence-corrected chi connectivity index (χ3v) is 5.64. The number of fused-ring (bicyclic) bond motifs is 1. The Kier molecular flexibility index (Phi) is 6.43. The highest BCUT2D eigenvalue weighted by Crippen LogP contribution is 2.28. The van der Waals surface area contributed by atoms with Crippen molar-refractivity contribution in [3.8, 4) is 5.69 Å². The molecule has 2 aromatic heterocycles. The molecule has 1 amide bonds. The first-order valence-corrected chi connectivity index (χ1v) is 10.8. The second-order valence-electron chi connectivity index (χ2n) is 7.39. The molecule has 166 valence electrons. The fourth-order valence-corrected chi connectivity index (χ4v) is 3.98. The number of rotatable bonds is 5. The summed E-state index contributed by atoms with van der Waals surface area (Å²) in [5, 5.41) is 7.46. The molecule has 0 spiro atoms. The predicted octanol–water partition coefficient (Wildman–Crippen LogP) is 4.78. The summed E-state index contributed by atoms with van der Waals surface area (Å²) in [6.07, 6.45) is 3.51. The average molecular weight is 477 g/mol. The van der Waals surface area contributed by atoms with Crippen molar-refractivity contribution in [3.05, 3.63) is 69.3 Å². The van der Waals surface area contributed by atoms with Gasteiger partial charge in [-0.05, 0) is 62.9 Å². The number of ether oxygens (including phenoxy) is 1. The molecule has 0 bridgehead atoms. The molecule has 3 aromatic rings. The monoisotopic (exact) mass is 476 g/mol. The third kappa shape index (κ3) is 4.61. The highest BCUT2D eigenvalue weighted by atomic mass is 35.5. The van der Waals surface area contributed by atoms with Crippen molar-refractivity contribution in [2.75, 3.05) is 5.32 Å². The SMILES string of the molecule is C[C@@H](OC(=O)c1nn(-c2ccc(F)cc2)c2c1CCCC2)C(=O)Nc1ncc(Cl)cc1Cl. The number of amides is 1. The standard InChI is InChI=1S/C22H19Cl2FN4O3/c1-12(21(30)27-20-17(24)10-13(23)11-26-20)32-22(31)19-16-4-2-3-5-18(16)29(28-19)15-8-6-14(25)7-9-15/h6-12H,2-5H2,1H3,(H,26,27,30)/t12-/m1/s1. The number of benzene rings is 1. The van der Waals surface area contributed by atoms with Gasteiger partial charge in [0.25, 0.3) is 5.91 Å². The summed E-state index contributed by atoms with van der Waals surface area (Å²) in [5.74, 6) is -1.55. The minimum absolute atomic E-state index is 0.113. The van der Waals surface area contributed by atoms with E-state index in [4.69, 9.17) is 27.9 Å². The maximum absolute atomic E-state index is 13.3. The van der Waals surface area contributed by atoms with Gasteiger partial charge in [-0.15, -0.1) is 0 Å². The lowest BCUT2D eigenvalue weighted by Crippen LogP contribution is -2.30. The molecule has 1 aliphatic carbocycles. The number of esters is 1. The molecule has 1 N–H and O–H groups in total. The maximum Gasteiger partial charge on any atom is 0.359 e. The Bertz CT molecular complexity index is 1180. The second kappa shape index (κ2) is 9.26. The fraction of sp³-hybridized carbons (Fsp3) is 0.273. The van der Waals surface area contributed by atoms with Gasteiger partial charge in [0.15, 0.2) is 17.6 Å². The predicted molar refractivity (Wildman–Crippen MR) is 118 cm³/mol. The van der Waals surface area contributed by atoms with Crippen molar-refractivity contribution in [1.82, 2.24) is 14.8 Å². The number of aromatic nitrogens is 3. The van der Waals surface area contributed by atoms with Crippen LogP contribution in [0.2, 0.25) is 10.0 Å². The van der Waals surface area contributed by atoms with Gasteiger partial charge in [0.2, 0.25) is 0 Å². The van der Waals surface area contributed by atoms with Crippen molar-refractivity contribution in [2.24, 2.45) is 0 Å². The molecule has 0 radical (unpaired) electrons. The van der Waals surface area contributed by atoms with Crippen LogP contribution in [-0.4, -0.2) is 32.7 Å². The van der Waals surface area contributed by atoms with Gasteiger partial charge in [0.1, 0.15) is 5.82 Å². The number of hydrogen-bond acceptors (Lipinski definition) is 5. The van der Waals surface area contributed by atoms with E-state index >= 15 is 0 Å². The van der Waals surface area contributed by atoms with Crippen LogP contribution in [-0.2, 0) is 22.4 Å². The fourth-order valence-electron chi connectivity index (χ4n) is 3.55. The number of pyridine rings is 1. The Morgan fingerprint density at radius 3 is 2.62 bits per heavy atom. The highest BCUT2D eigenvalue weighted by molar-refractivity contribution is 6.36. The lowest BCUT2D eigenvalue weighted by atomic mass is 9.95. The molecular weight excluding hydrogens is 458 g/mol. The summed E-state index contributed by atoms with van der Waals surface area (Å²) < 4.78 is 20.4. The summed E-state index contributed by atoms with van der Waals surface area (Å²) in [5.41, 5.74) is 2.49. The molecule has 7 nitrogen and oxygen atoms in total. The lowest BCUT2D eigenvalue weighted by molar-refractivity contribution is -0.123. The summed E-state index contributed by atoms with van der Waals surface area (Å²) in [6, 6.07) is 7.33. The Balaban J connectivity index is 1.54. The van der Waals surface area contributed by atoms with Gasteiger partial charge in [-0.3, -0.25) is 4.79 Å². The van der Waals surface area contributed by atoms with Crippen LogP contribution in [0.25, 0.3) is 5.69 Å². The van der Waals surface area contributed by atoms with E-state index in [1.165, 1.54) is 31.3 Å². The first kappa shape index (κ1) is 22.2. The summed E-state index contributed by atoms with van der Waals surface area (Å²) in [6.45, 7) is 1.44. The molecule has 1 aromatic carbocycles. The highest BCUT2D eigenvalue weighted by Gasteiger charge is 2.29. The minimum atomic E-state index is -1.12. The van der Waals surface area contributed by atoms with Crippen LogP contribution >= 0.6 is 23.2 Å². The Morgan fingerprint density at radius 1 is 1.19 bits per heavy atom. The molecule has 10 heteroatoms. The lowest BCUT2D eigenvalue weighted by Gasteiger charge is -2.15. The molecule has 1 aliphatic rings. The van der Waals surface area contributed by atoms with Gasteiger partial charge in [0, 0.05) is 17.5 Å². The molecule has 0 saturated heterocycles. The summed E-state index contributed by atoms with van der Waals surface area (Å²) >= 11 is 11.8. The molecule has 0 saturated carbocycles. The van der Waals surface area contributed by atoms with Gasteiger partial charge in [0.05, 0.1) is 15.7 Å². The van der Waals surface area contributed by atoms with Crippen LogP contribution in [0.5, 0.6) is 0 Å². The molecule has 1 atom stereocenters. The van der Waals surface area contributed by atoms with E-state index in [9.17, 15) is 14.0 Å². The molecule has 2 heterocycles. The van der Waals surface area contributed by atoms with E-state index in [1.807, 2.05) is 0 Å². The zero-order chi connectivity index (χ0) is 22.8. The number of halogens is 3. The smallest absolute Gasteiger partial charge is 0.359 e. The van der Waals surface area contributed by atoms with E-state index in [0.29, 0.717) is 17.1 Å². The van der Waals surface area contributed by atoms with E-state index in [1.54, 1.807) is 16.8 Å². The number of nitrogens with zero attached hydrogens (tertiary/aromatic N) is 3. The van der Waals surface area contributed by atoms with Gasteiger partial charge < -0.3 is 10.1 Å². The molecule has 0 fully saturated rings. The van der Waals surface area contributed by atoms with E-state index in [2.05, 4.69) is 15.4 Å². The van der Waals surface area contributed by atoms with Crippen molar-refractivity contribution in [1.29, 1.82) is 0 Å². The van der Waals surface area contributed by atoms with Crippen molar-refractivity contribution in [2.45, 2.75) is 38.7 Å². The normalized spacial score (nSPS) is 13.9. The van der Waals surface area contributed by atoms with Crippen LogP contribution in [0.4, 0.5) is 10.2 Å². The zero-order valence-electron chi connectivity index (χ0n) is 17.1. The topological polar surface area (TPSA) is 86.1 Å². The number of nitrogens with one attached hydrogen (secondary N) is 1. The van der Waals surface area contributed by atoms with Crippen LogP contribution in [0, 0.1) is 5.82 Å². The quantitative estimate of drug-likeness (QED) is 0.535. The summed E-state index contributed by atoms with van der Waals surface area (Å²) in [4.78, 5) is 29.3. The minimum Gasteiger partial charge on any atom is -0.448 e. The maximum atomic E-state index is 13.3. The van der Waals surface area contributed by atoms with Gasteiger partial charge in [-0.2, -0.15) is 5.10 Å². The molecule has 32 heavy (non-hydrogen) atoms. The van der Waals surface area contributed by atoms with Crippen molar-refractivity contribution >= 4 is 40.9 Å². The molecule has 4 rings (SSSR count). The number of anilines is 1. The van der Waals surface area contributed by atoms with Crippen molar-refractivity contribution in [3.63, 3.8) is 0 Å². The first-order chi connectivity index (χ1) is 15.3. The van der Waals surface area contributed by atoms with Crippen LogP contribution in [0.3, 0.4) is 0 Å². The Morgan fingerprint density at radius 2 is 1.91 bits per heavy atom. The number of carbonyl (C=O) groups excluding carboxylic acids is 2. The molecular formula is C22H19Cl2FN4O3. The zero-order valence-corrected chi connectivity index (χ0v) is 18.6. The van der Waals surface area contributed by atoms with E-state index < -0.39 is 18.0 Å². The molecule has 0 unspecified atom stereocenters. The number of carbonyl (C=O) groups is 2. The summed E-state index contributed by atoms with van der Waals surface area (Å²) in [7, 11) is 0. The molecule has 0 aliphatic heterocycles. The van der Waals surface area contributed by atoms with Crippen LogP contribution in [0.1, 0.15) is 41.5 Å². The second-order valence-corrected chi connectivity index (χ2v) is 8.23. The Hall–Kier alpha value is -2.97. The van der Waals surface area contributed by atoms with Crippen molar-refractivity contribution < 1.29 is 18.7 Å². The number of hydrogen-bond donors (Lipinski definition) is 1. The van der Waals surface area contributed by atoms with E-state index in [-0.39, 0.29) is 22.4 Å².